The van der Waals surface area contributed by atoms with Crippen LogP contribution in [0.3, 0.4) is 0 Å². The highest BCUT2D eigenvalue weighted by Gasteiger charge is 1.88. The van der Waals surface area contributed by atoms with Gasteiger partial charge in [-0.05, 0) is 0 Å². The minimum Gasteiger partial charge on any atom is -0.478 e. The average molecular weight is 332 g/mol. The molecule has 23 heavy (non-hydrogen) atoms. The first-order valence-corrected chi connectivity index (χ1v) is 5.14. The summed E-state index contributed by atoms with van der Waals surface area (Å²) in [7, 11) is 0. The van der Waals surface area contributed by atoms with Crippen molar-refractivity contribution < 1.29 is 49.5 Å². The number of rotatable bonds is 5. The molecule has 0 aliphatic carbocycles. The molecule has 0 aromatic heterocycles. The predicted octanol–water partition coefficient (Wildman–Crippen LogP) is 0.483. The lowest BCUT2D eigenvalue weighted by atomic mass is 10.5. The summed E-state index contributed by atoms with van der Waals surface area (Å²) in [5.41, 5.74) is 0. The van der Waals surface area contributed by atoms with Gasteiger partial charge in [0, 0.05) is 30.4 Å². The first-order valence-electron chi connectivity index (χ1n) is 5.14. The molecular weight excluding hydrogens is 316 g/mol. The Balaban J connectivity index is -0.000000108. The van der Waals surface area contributed by atoms with Crippen LogP contribution in [-0.4, -0.2) is 55.4 Å². The van der Waals surface area contributed by atoms with Gasteiger partial charge in [-0.25, -0.2) is 24.0 Å². The summed E-state index contributed by atoms with van der Waals surface area (Å²) in [6.07, 6.45) is 3.62. The van der Waals surface area contributed by atoms with Gasteiger partial charge in [0.2, 0.25) is 0 Å². The first kappa shape index (κ1) is 27.6. The van der Waals surface area contributed by atoms with E-state index in [0.29, 0.717) is 12.2 Å². The van der Waals surface area contributed by atoms with E-state index in [4.69, 9.17) is 25.5 Å². The first-order chi connectivity index (χ1) is 10.4. The molecule has 10 heteroatoms. The highest BCUT2D eigenvalue weighted by molar-refractivity contribution is 5.89. The molecule has 128 valence electrons. The Morgan fingerprint density at radius 2 is 0.609 bits per heavy atom. The van der Waals surface area contributed by atoms with Crippen LogP contribution >= 0.6 is 0 Å². The van der Waals surface area contributed by atoms with Crippen LogP contribution in [-0.2, 0) is 24.0 Å². The van der Waals surface area contributed by atoms with Crippen LogP contribution in [0.1, 0.15) is 0 Å². The van der Waals surface area contributed by atoms with Crippen LogP contribution in [0.15, 0.2) is 50.1 Å². The summed E-state index contributed by atoms with van der Waals surface area (Å²) in [4.78, 5) is 46.9. The summed E-state index contributed by atoms with van der Waals surface area (Å²) in [5.74, 6) is -5.46. The summed E-state index contributed by atoms with van der Waals surface area (Å²) in [6, 6.07) is 0. The Kier molecular flexibility index (Phi) is 24.8. The Bertz CT molecular complexity index is 414. The molecule has 0 fully saturated rings. The van der Waals surface area contributed by atoms with E-state index in [1.807, 2.05) is 0 Å². The number of aliphatic carboxylic acids is 5. The zero-order valence-corrected chi connectivity index (χ0v) is 11.8. The van der Waals surface area contributed by atoms with Crippen molar-refractivity contribution in [2.24, 2.45) is 0 Å². The minimum absolute atomic E-state index is 0.558. The topological polar surface area (TPSA) is 186 Å². The molecule has 0 bridgehead atoms. The monoisotopic (exact) mass is 332 g/mol. The van der Waals surface area contributed by atoms with Crippen LogP contribution in [0.4, 0.5) is 0 Å². The molecule has 0 aromatic rings. The Hall–Kier alpha value is -3.69. The van der Waals surface area contributed by atoms with E-state index in [2.05, 4.69) is 19.7 Å². The zero-order chi connectivity index (χ0) is 19.4. The molecule has 0 unspecified atom stereocenters. The van der Waals surface area contributed by atoms with Crippen molar-refractivity contribution >= 4 is 29.8 Å². The second-order valence-electron chi connectivity index (χ2n) is 2.64. The molecular formula is C13H16O10. The molecule has 5 N–H and O–H groups in total. The van der Waals surface area contributed by atoms with Gasteiger partial charge < -0.3 is 25.5 Å². The van der Waals surface area contributed by atoms with Crippen molar-refractivity contribution in [3.63, 3.8) is 0 Å². The third kappa shape index (κ3) is 91.2. The van der Waals surface area contributed by atoms with Gasteiger partial charge in [-0.3, -0.25) is 0 Å². The molecule has 0 heterocycles. The maximum absolute atomic E-state index is 9.55. The SMILES string of the molecule is C=CC(=O)O.C=CC(=O)O.C=CC(=O)O.O=C(O)/C=C\C(=O)O. The fraction of sp³-hybridized carbons (Fsp3) is 0. The third-order valence-electron chi connectivity index (χ3n) is 0.892. The van der Waals surface area contributed by atoms with E-state index in [0.717, 1.165) is 18.2 Å². The molecule has 0 aliphatic heterocycles. The molecule has 0 saturated heterocycles. The maximum atomic E-state index is 9.55. The molecule has 0 aromatic carbocycles. The smallest absolute Gasteiger partial charge is 0.328 e. The van der Waals surface area contributed by atoms with Gasteiger partial charge in [-0.1, -0.05) is 19.7 Å². The molecule has 0 amide bonds. The Labute approximate surface area is 130 Å². The van der Waals surface area contributed by atoms with Gasteiger partial charge in [-0.15, -0.1) is 0 Å². The molecule has 10 nitrogen and oxygen atoms in total. The van der Waals surface area contributed by atoms with Gasteiger partial charge in [-0.2, -0.15) is 0 Å². The average Bonchev–Trinajstić information content (AvgIpc) is 2.46. The number of hydrogen-bond donors (Lipinski definition) is 5. The zero-order valence-electron chi connectivity index (χ0n) is 11.8. The maximum Gasteiger partial charge on any atom is 0.328 e. The Morgan fingerprint density at radius 3 is 0.652 bits per heavy atom. The molecule has 0 saturated carbocycles. The molecule has 0 radical (unpaired) electrons. The highest BCUT2D eigenvalue weighted by atomic mass is 16.4. The summed E-state index contributed by atoms with van der Waals surface area (Å²) < 4.78 is 0. The van der Waals surface area contributed by atoms with Crippen molar-refractivity contribution in [2.75, 3.05) is 0 Å². The number of carboxylic acid groups (broad SMARTS) is 5. The van der Waals surface area contributed by atoms with Gasteiger partial charge in [0.1, 0.15) is 0 Å². The van der Waals surface area contributed by atoms with E-state index >= 15 is 0 Å². The quantitative estimate of drug-likeness (QED) is 0.443. The van der Waals surface area contributed by atoms with Crippen molar-refractivity contribution in [3.8, 4) is 0 Å². The largest absolute Gasteiger partial charge is 0.478 e. The van der Waals surface area contributed by atoms with Crippen LogP contribution < -0.4 is 0 Å². The summed E-state index contributed by atoms with van der Waals surface area (Å²) >= 11 is 0. The van der Waals surface area contributed by atoms with Gasteiger partial charge in [0.15, 0.2) is 0 Å². The molecule has 0 rings (SSSR count). The van der Waals surface area contributed by atoms with Crippen LogP contribution in [0.25, 0.3) is 0 Å². The van der Waals surface area contributed by atoms with E-state index in [1.54, 1.807) is 0 Å². The number of carboxylic acids is 5. The minimum atomic E-state index is -1.26. The fourth-order valence-electron chi connectivity index (χ4n) is 0.143. The fourth-order valence-corrected chi connectivity index (χ4v) is 0.143. The normalized spacial score (nSPS) is 7.48. The standard InChI is InChI=1S/C4H4O4.3C3H4O2/c5-3(6)1-2-4(7)8;3*1-2-3(4)5/h1-2H,(H,5,6)(H,7,8);3*2H,1H2,(H,4,5)/b2-1-;;;. The molecule has 0 spiro atoms. The summed E-state index contributed by atoms with van der Waals surface area (Å²) in [6.45, 7) is 8.88. The number of carbonyl (C=O) groups is 5. The summed E-state index contributed by atoms with van der Waals surface area (Å²) in [5, 5.41) is 38.4. The highest BCUT2D eigenvalue weighted by Crippen LogP contribution is 1.70. The van der Waals surface area contributed by atoms with Gasteiger partial charge >= 0.3 is 29.8 Å². The lowest BCUT2D eigenvalue weighted by molar-refractivity contribution is -0.134. The van der Waals surface area contributed by atoms with Crippen molar-refractivity contribution in [1.82, 2.24) is 0 Å². The second-order valence-corrected chi connectivity index (χ2v) is 2.64. The number of hydrogen-bond acceptors (Lipinski definition) is 5. The predicted molar refractivity (Wildman–Crippen MR) is 77.9 cm³/mol. The van der Waals surface area contributed by atoms with Crippen molar-refractivity contribution in [3.05, 3.63) is 50.1 Å². The van der Waals surface area contributed by atoms with Gasteiger partial charge in [0.25, 0.3) is 0 Å². The van der Waals surface area contributed by atoms with E-state index in [9.17, 15) is 24.0 Å². The Morgan fingerprint density at radius 1 is 0.478 bits per heavy atom. The van der Waals surface area contributed by atoms with Crippen molar-refractivity contribution in [2.45, 2.75) is 0 Å². The van der Waals surface area contributed by atoms with E-state index < -0.39 is 29.8 Å². The third-order valence-corrected chi connectivity index (χ3v) is 0.892. The lowest BCUT2D eigenvalue weighted by Crippen LogP contribution is -1.91. The van der Waals surface area contributed by atoms with Crippen molar-refractivity contribution in [1.29, 1.82) is 0 Å². The van der Waals surface area contributed by atoms with Gasteiger partial charge in [0.05, 0.1) is 0 Å². The second kappa shape index (κ2) is 20.6. The van der Waals surface area contributed by atoms with Crippen LogP contribution in [0.2, 0.25) is 0 Å². The molecule has 0 atom stereocenters. The lowest BCUT2D eigenvalue weighted by Gasteiger charge is -1.74. The van der Waals surface area contributed by atoms with Crippen LogP contribution in [0, 0.1) is 0 Å². The molecule has 0 aliphatic rings. The van der Waals surface area contributed by atoms with E-state index in [-0.39, 0.29) is 0 Å². The van der Waals surface area contributed by atoms with Crippen LogP contribution in [0.5, 0.6) is 0 Å². The van der Waals surface area contributed by atoms with E-state index in [1.165, 1.54) is 0 Å².